The van der Waals surface area contributed by atoms with Crippen molar-refractivity contribution in [1.29, 1.82) is 0 Å². The Morgan fingerprint density at radius 2 is 2.00 bits per heavy atom. The van der Waals surface area contributed by atoms with E-state index in [4.69, 9.17) is 5.11 Å². The van der Waals surface area contributed by atoms with Crippen molar-refractivity contribution in [3.05, 3.63) is 29.8 Å². The minimum Gasteiger partial charge on any atom is -0.394 e. The molecule has 130 valence electrons. The van der Waals surface area contributed by atoms with Crippen molar-refractivity contribution < 1.29 is 28.2 Å². The highest BCUT2D eigenvalue weighted by Crippen LogP contribution is 2.21. The van der Waals surface area contributed by atoms with Gasteiger partial charge in [0, 0.05) is 12.2 Å². The molecule has 0 bridgehead atoms. The van der Waals surface area contributed by atoms with Gasteiger partial charge in [-0.15, -0.1) is 0 Å². The number of hydrogen-bond donors (Lipinski definition) is 3. The molecule has 1 rings (SSSR count). The first kappa shape index (κ1) is 19.2. The summed E-state index contributed by atoms with van der Waals surface area (Å²) >= 11 is 0. The molecule has 0 radical (unpaired) electrons. The Morgan fingerprint density at radius 1 is 1.35 bits per heavy atom. The van der Waals surface area contributed by atoms with E-state index in [-0.39, 0.29) is 6.54 Å². The van der Waals surface area contributed by atoms with Gasteiger partial charge in [-0.1, -0.05) is 25.1 Å². The number of nitrogens with one attached hydrogen (secondary N) is 1. The van der Waals surface area contributed by atoms with Crippen molar-refractivity contribution in [2.75, 3.05) is 25.0 Å². The number of aliphatic hydroxyl groups excluding tert-OH is 2. The quantitative estimate of drug-likeness (QED) is 0.717. The fourth-order valence-corrected chi connectivity index (χ4v) is 1.99. The number of aliphatic hydroxyl groups is 2. The molecule has 0 aliphatic heterocycles. The molecule has 3 N–H and O–H groups in total. The van der Waals surface area contributed by atoms with Crippen LogP contribution < -0.4 is 5.32 Å². The molecule has 0 aliphatic carbocycles. The van der Waals surface area contributed by atoms with Gasteiger partial charge in [0.25, 0.3) is 0 Å². The summed E-state index contributed by atoms with van der Waals surface area (Å²) in [5.41, 5.74) is 1.36. The van der Waals surface area contributed by atoms with Crippen LogP contribution in [0.25, 0.3) is 0 Å². The summed E-state index contributed by atoms with van der Waals surface area (Å²) in [7, 11) is 0. The zero-order valence-corrected chi connectivity index (χ0v) is 12.8. The van der Waals surface area contributed by atoms with Gasteiger partial charge in [-0.25, -0.2) is 4.79 Å². The first-order chi connectivity index (χ1) is 10.8. The molecular weight excluding hydrogens is 313 g/mol. The molecule has 0 aliphatic rings. The summed E-state index contributed by atoms with van der Waals surface area (Å²) < 4.78 is 37.1. The topological polar surface area (TPSA) is 72.8 Å². The molecule has 2 amide bonds. The van der Waals surface area contributed by atoms with E-state index >= 15 is 0 Å². The summed E-state index contributed by atoms with van der Waals surface area (Å²) in [6.45, 7) is 0.274. The van der Waals surface area contributed by atoms with E-state index in [1.54, 1.807) is 24.3 Å². The van der Waals surface area contributed by atoms with Crippen LogP contribution in [0.3, 0.4) is 0 Å². The highest BCUT2D eigenvalue weighted by molar-refractivity contribution is 5.90. The van der Waals surface area contributed by atoms with Crippen LogP contribution in [-0.2, 0) is 6.42 Å². The number of amides is 2. The molecule has 0 heterocycles. The predicted octanol–water partition coefficient (Wildman–Crippen LogP) is 2.39. The normalized spacial score (nSPS) is 12.8. The van der Waals surface area contributed by atoms with Crippen LogP contribution in [0.2, 0.25) is 0 Å². The maximum atomic E-state index is 12.4. The monoisotopic (exact) mass is 334 g/mol. The van der Waals surface area contributed by atoms with Crippen LogP contribution in [0.15, 0.2) is 24.3 Å². The van der Waals surface area contributed by atoms with Gasteiger partial charge in [-0.3, -0.25) is 0 Å². The van der Waals surface area contributed by atoms with E-state index in [2.05, 4.69) is 5.32 Å². The van der Waals surface area contributed by atoms with Crippen molar-refractivity contribution in [1.82, 2.24) is 4.90 Å². The van der Waals surface area contributed by atoms with E-state index in [1.165, 1.54) is 0 Å². The lowest BCUT2D eigenvalue weighted by Gasteiger charge is -2.26. The van der Waals surface area contributed by atoms with Crippen molar-refractivity contribution in [3.63, 3.8) is 0 Å². The molecule has 0 saturated heterocycles. The van der Waals surface area contributed by atoms with Crippen LogP contribution in [-0.4, -0.2) is 53.1 Å². The van der Waals surface area contributed by atoms with Crippen LogP contribution in [0.5, 0.6) is 0 Å². The molecule has 0 fully saturated rings. The minimum atomic E-state index is -4.41. The molecular formula is C15H21F3N2O3. The Hall–Kier alpha value is -1.80. The smallest absolute Gasteiger partial charge is 0.390 e. The lowest BCUT2D eigenvalue weighted by molar-refractivity contribution is -0.137. The Balaban J connectivity index is 2.81. The van der Waals surface area contributed by atoms with Crippen molar-refractivity contribution in [3.8, 4) is 0 Å². The molecule has 0 unspecified atom stereocenters. The zero-order chi connectivity index (χ0) is 17.5. The molecule has 1 aromatic rings. The fraction of sp³-hybridized carbons (Fsp3) is 0.533. The largest absolute Gasteiger partial charge is 0.394 e. The van der Waals surface area contributed by atoms with Crippen LogP contribution in [0.4, 0.5) is 23.7 Å². The number of carbonyl (C=O) groups is 1. The number of rotatable bonds is 7. The van der Waals surface area contributed by atoms with Crippen molar-refractivity contribution in [2.24, 2.45) is 0 Å². The SMILES string of the molecule is CCc1ccccc1NC(=O)N(CCC(F)(F)F)C[C@H](O)CO. The zero-order valence-electron chi connectivity index (χ0n) is 12.8. The molecule has 5 nitrogen and oxygen atoms in total. The van der Waals surface area contributed by atoms with E-state index in [0.29, 0.717) is 12.1 Å². The Labute approximate surface area is 132 Å². The van der Waals surface area contributed by atoms with Gasteiger partial charge in [0.1, 0.15) is 0 Å². The third-order valence-corrected chi connectivity index (χ3v) is 3.23. The van der Waals surface area contributed by atoms with Gasteiger partial charge in [0.15, 0.2) is 0 Å². The number of benzene rings is 1. The van der Waals surface area contributed by atoms with Gasteiger partial charge in [0.05, 0.1) is 25.7 Å². The number of urea groups is 1. The number of nitrogens with zero attached hydrogens (tertiary/aromatic N) is 1. The van der Waals surface area contributed by atoms with E-state index in [1.807, 2.05) is 6.92 Å². The number of alkyl halides is 3. The lowest BCUT2D eigenvalue weighted by atomic mass is 10.1. The Kier molecular flexibility index (Phi) is 7.31. The number of carbonyl (C=O) groups excluding carboxylic acids is 1. The van der Waals surface area contributed by atoms with Crippen LogP contribution >= 0.6 is 0 Å². The molecule has 8 heteroatoms. The maximum Gasteiger partial charge on any atom is 0.390 e. The van der Waals surface area contributed by atoms with Gasteiger partial charge >= 0.3 is 12.2 Å². The van der Waals surface area contributed by atoms with Gasteiger partial charge < -0.3 is 20.4 Å². The number of halogens is 3. The summed E-state index contributed by atoms with van der Waals surface area (Å²) in [5, 5.41) is 20.8. The standard InChI is InChI=1S/C15H21F3N2O3/c1-2-11-5-3-4-6-13(11)19-14(23)20(9-12(22)10-21)8-7-15(16,17)18/h3-6,12,21-22H,2,7-10H2,1H3,(H,19,23)/t12-/m0/s1. The van der Waals surface area contributed by atoms with Crippen LogP contribution in [0, 0.1) is 0 Å². The number of anilines is 1. The van der Waals surface area contributed by atoms with Crippen molar-refractivity contribution >= 4 is 11.7 Å². The summed E-state index contributed by atoms with van der Waals surface area (Å²) in [6, 6.07) is 6.21. The first-order valence-corrected chi connectivity index (χ1v) is 7.26. The van der Waals surface area contributed by atoms with Gasteiger partial charge in [-0.2, -0.15) is 13.2 Å². The summed E-state index contributed by atoms with van der Waals surface area (Å²) in [4.78, 5) is 13.1. The predicted molar refractivity (Wildman–Crippen MR) is 80.2 cm³/mol. The average Bonchev–Trinajstić information content (AvgIpc) is 2.50. The second-order valence-electron chi connectivity index (χ2n) is 5.09. The van der Waals surface area contributed by atoms with Crippen molar-refractivity contribution in [2.45, 2.75) is 32.0 Å². The first-order valence-electron chi connectivity index (χ1n) is 7.26. The summed E-state index contributed by atoms with van der Waals surface area (Å²) in [6.07, 6.45) is -6.24. The third-order valence-electron chi connectivity index (χ3n) is 3.23. The van der Waals surface area contributed by atoms with Crippen LogP contribution in [0.1, 0.15) is 18.9 Å². The van der Waals surface area contributed by atoms with Gasteiger partial charge in [0.2, 0.25) is 0 Å². The van der Waals surface area contributed by atoms with Gasteiger partial charge in [-0.05, 0) is 18.1 Å². The highest BCUT2D eigenvalue weighted by atomic mass is 19.4. The number of aryl methyl sites for hydroxylation is 1. The third kappa shape index (κ3) is 6.87. The molecule has 0 saturated carbocycles. The molecule has 23 heavy (non-hydrogen) atoms. The minimum absolute atomic E-state index is 0.382. The fourth-order valence-electron chi connectivity index (χ4n) is 1.99. The second-order valence-corrected chi connectivity index (χ2v) is 5.09. The molecule has 1 aromatic carbocycles. The second kappa shape index (κ2) is 8.73. The maximum absolute atomic E-state index is 12.4. The highest BCUT2D eigenvalue weighted by Gasteiger charge is 2.29. The van der Waals surface area contributed by atoms with E-state index in [0.717, 1.165) is 10.5 Å². The molecule has 1 atom stereocenters. The summed E-state index contributed by atoms with van der Waals surface area (Å²) in [5.74, 6) is 0. The molecule has 0 spiro atoms. The Morgan fingerprint density at radius 3 is 2.57 bits per heavy atom. The molecule has 0 aromatic heterocycles. The lowest BCUT2D eigenvalue weighted by Crippen LogP contribution is -2.43. The number of para-hydroxylation sites is 1. The average molecular weight is 334 g/mol. The van der Waals surface area contributed by atoms with E-state index < -0.39 is 37.9 Å². The Bertz CT molecular complexity index is 509. The van der Waals surface area contributed by atoms with E-state index in [9.17, 15) is 23.1 Å². The number of hydrogen-bond acceptors (Lipinski definition) is 3.